The molecule has 1 N–H and O–H groups in total. The minimum Gasteiger partial charge on any atom is -0.354 e. The summed E-state index contributed by atoms with van der Waals surface area (Å²) in [6, 6.07) is 15.2. The third-order valence-corrected chi connectivity index (χ3v) is 4.74. The number of oxime groups is 1. The molecular weight excluding hydrogens is 386 g/mol. The maximum Gasteiger partial charge on any atom is 0.273 e. The van der Waals surface area contributed by atoms with Gasteiger partial charge in [-0.25, -0.2) is 0 Å². The number of aliphatic hydroxyl groups is 1. The quantitative estimate of drug-likeness (QED) is 0.828. The molecule has 0 spiro atoms. The summed E-state index contributed by atoms with van der Waals surface area (Å²) in [6.07, 6.45) is 1.62. The van der Waals surface area contributed by atoms with Crippen LogP contribution in [-0.4, -0.2) is 11.3 Å². The summed E-state index contributed by atoms with van der Waals surface area (Å²) in [7, 11) is 0. The maximum atomic E-state index is 11.0. The van der Waals surface area contributed by atoms with E-state index in [-0.39, 0.29) is 5.92 Å². The minimum absolute atomic E-state index is 0.378. The van der Waals surface area contributed by atoms with E-state index in [0.717, 1.165) is 14.5 Å². The van der Waals surface area contributed by atoms with E-state index in [2.05, 4.69) is 37.0 Å². The molecule has 5 heteroatoms. The fraction of sp³-hybridized carbons (Fsp3) is 0.133. The number of benzene rings is 2. The van der Waals surface area contributed by atoms with Crippen LogP contribution in [0.25, 0.3) is 0 Å². The van der Waals surface area contributed by atoms with E-state index >= 15 is 0 Å². The molecule has 1 heterocycles. The maximum absolute atomic E-state index is 11.0. The SMILES string of the molecule is OC1(c2ccccc2Br)ON=CC1c1ccccc1Br. The predicted octanol–water partition coefficient (Wildman–Crippen LogP) is 4.16. The number of halogens is 2. The average molecular weight is 397 g/mol. The van der Waals surface area contributed by atoms with Gasteiger partial charge in [0, 0.05) is 14.5 Å². The number of nitrogens with zero attached hydrogens (tertiary/aromatic N) is 1. The first-order chi connectivity index (χ1) is 9.63. The van der Waals surface area contributed by atoms with Gasteiger partial charge in [-0.1, -0.05) is 73.4 Å². The minimum atomic E-state index is -1.51. The van der Waals surface area contributed by atoms with E-state index < -0.39 is 5.79 Å². The summed E-state index contributed by atoms with van der Waals surface area (Å²) >= 11 is 6.96. The van der Waals surface area contributed by atoms with Crippen molar-refractivity contribution in [2.45, 2.75) is 11.7 Å². The van der Waals surface area contributed by atoms with Gasteiger partial charge in [0.15, 0.2) is 0 Å². The Morgan fingerprint density at radius 1 is 1.00 bits per heavy atom. The van der Waals surface area contributed by atoms with Crippen LogP contribution >= 0.6 is 31.9 Å². The molecule has 0 aliphatic carbocycles. The molecule has 2 aromatic rings. The van der Waals surface area contributed by atoms with Gasteiger partial charge in [0.05, 0.1) is 12.1 Å². The Labute approximate surface area is 133 Å². The normalized spacial score (nSPS) is 24.6. The standard InChI is InChI=1S/C15H11Br2NO2/c16-13-7-3-1-5-10(13)12-9-18-20-15(12,19)11-6-2-4-8-14(11)17/h1-9,12,19H. The van der Waals surface area contributed by atoms with Gasteiger partial charge in [-0.05, 0) is 17.7 Å². The summed E-state index contributed by atoms with van der Waals surface area (Å²) in [6.45, 7) is 0. The Morgan fingerprint density at radius 2 is 1.65 bits per heavy atom. The number of hydrogen-bond donors (Lipinski definition) is 1. The largest absolute Gasteiger partial charge is 0.354 e. The molecule has 20 heavy (non-hydrogen) atoms. The van der Waals surface area contributed by atoms with Crippen LogP contribution in [0.1, 0.15) is 17.0 Å². The third-order valence-electron chi connectivity index (χ3n) is 3.32. The second kappa shape index (κ2) is 5.31. The second-order valence-corrected chi connectivity index (χ2v) is 6.23. The highest BCUT2D eigenvalue weighted by Crippen LogP contribution is 2.44. The van der Waals surface area contributed by atoms with E-state index in [1.807, 2.05) is 48.5 Å². The molecule has 0 amide bonds. The van der Waals surface area contributed by atoms with E-state index in [1.54, 1.807) is 6.21 Å². The topological polar surface area (TPSA) is 41.8 Å². The van der Waals surface area contributed by atoms with E-state index in [0.29, 0.717) is 5.56 Å². The van der Waals surface area contributed by atoms with Crippen molar-refractivity contribution in [3.63, 3.8) is 0 Å². The van der Waals surface area contributed by atoms with E-state index in [4.69, 9.17) is 4.84 Å². The van der Waals surface area contributed by atoms with Crippen LogP contribution in [0.3, 0.4) is 0 Å². The lowest BCUT2D eigenvalue weighted by atomic mass is 9.87. The molecule has 2 aromatic carbocycles. The fourth-order valence-corrected chi connectivity index (χ4v) is 3.42. The summed E-state index contributed by atoms with van der Waals surface area (Å²) < 4.78 is 1.69. The first-order valence-electron chi connectivity index (χ1n) is 6.06. The molecule has 0 bridgehead atoms. The van der Waals surface area contributed by atoms with Gasteiger partial charge >= 0.3 is 0 Å². The zero-order valence-corrected chi connectivity index (χ0v) is 13.5. The smallest absolute Gasteiger partial charge is 0.273 e. The summed E-state index contributed by atoms with van der Waals surface area (Å²) in [5.41, 5.74) is 1.57. The molecule has 0 fully saturated rings. The lowest BCUT2D eigenvalue weighted by molar-refractivity contribution is -0.203. The zero-order chi connectivity index (χ0) is 14.2. The fourth-order valence-electron chi connectivity index (χ4n) is 2.32. The van der Waals surface area contributed by atoms with Crippen LogP contribution in [0, 0.1) is 0 Å². The zero-order valence-electron chi connectivity index (χ0n) is 10.3. The van der Waals surface area contributed by atoms with Crippen LogP contribution in [0.15, 0.2) is 62.6 Å². The Kier molecular flexibility index (Phi) is 3.67. The van der Waals surface area contributed by atoms with Gasteiger partial charge in [0.1, 0.15) is 0 Å². The van der Waals surface area contributed by atoms with Crippen molar-refractivity contribution in [2.24, 2.45) is 5.16 Å². The molecule has 1 aliphatic rings. The van der Waals surface area contributed by atoms with Gasteiger partial charge in [-0.3, -0.25) is 0 Å². The first-order valence-corrected chi connectivity index (χ1v) is 7.65. The van der Waals surface area contributed by atoms with Crippen molar-refractivity contribution >= 4 is 38.1 Å². The molecule has 0 saturated carbocycles. The Morgan fingerprint density at radius 3 is 2.35 bits per heavy atom. The Balaban J connectivity index is 2.10. The van der Waals surface area contributed by atoms with E-state index in [1.165, 1.54) is 0 Å². The molecular formula is C15H11Br2NO2. The molecule has 0 radical (unpaired) electrons. The van der Waals surface area contributed by atoms with Gasteiger partial charge in [-0.2, -0.15) is 0 Å². The molecule has 3 nitrogen and oxygen atoms in total. The molecule has 102 valence electrons. The van der Waals surface area contributed by atoms with Crippen LogP contribution in [0.5, 0.6) is 0 Å². The van der Waals surface area contributed by atoms with E-state index in [9.17, 15) is 5.11 Å². The van der Waals surface area contributed by atoms with Gasteiger partial charge in [0.2, 0.25) is 0 Å². The Hall–Kier alpha value is -1.17. The number of hydrogen-bond acceptors (Lipinski definition) is 3. The van der Waals surface area contributed by atoms with Crippen molar-refractivity contribution in [2.75, 3.05) is 0 Å². The summed E-state index contributed by atoms with van der Waals surface area (Å²) in [5.74, 6) is -1.89. The van der Waals surface area contributed by atoms with Crippen molar-refractivity contribution in [1.82, 2.24) is 0 Å². The molecule has 3 rings (SSSR count). The monoisotopic (exact) mass is 395 g/mol. The Bertz CT molecular complexity index is 674. The highest BCUT2D eigenvalue weighted by atomic mass is 79.9. The van der Waals surface area contributed by atoms with Gasteiger partial charge in [-0.15, -0.1) is 0 Å². The highest BCUT2D eigenvalue weighted by molar-refractivity contribution is 9.10. The third kappa shape index (κ3) is 2.20. The van der Waals surface area contributed by atoms with Crippen molar-refractivity contribution in [3.8, 4) is 0 Å². The van der Waals surface area contributed by atoms with Crippen LogP contribution in [0.2, 0.25) is 0 Å². The number of rotatable bonds is 2. The highest BCUT2D eigenvalue weighted by Gasteiger charge is 2.47. The lowest BCUT2D eigenvalue weighted by Gasteiger charge is -2.28. The summed E-state index contributed by atoms with van der Waals surface area (Å²) in [5, 5.41) is 14.8. The second-order valence-electron chi connectivity index (χ2n) is 4.52. The van der Waals surface area contributed by atoms with Crippen molar-refractivity contribution in [1.29, 1.82) is 0 Å². The molecule has 0 saturated heterocycles. The molecule has 1 aliphatic heterocycles. The average Bonchev–Trinajstić information content (AvgIpc) is 2.83. The predicted molar refractivity (Wildman–Crippen MR) is 84.5 cm³/mol. The summed E-state index contributed by atoms with van der Waals surface area (Å²) in [4.78, 5) is 5.30. The van der Waals surface area contributed by atoms with Gasteiger partial charge < -0.3 is 9.94 Å². The lowest BCUT2D eigenvalue weighted by Crippen LogP contribution is -2.32. The molecule has 2 unspecified atom stereocenters. The first kappa shape index (κ1) is 13.8. The van der Waals surface area contributed by atoms with Crippen LogP contribution < -0.4 is 0 Å². The van der Waals surface area contributed by atoms with Crippen molar-refractivity contribution < 1.29 is 9.94 Å². The van der Waals surface area contributed by atoms with Crippen molar-refractivity contribution in [3.05, 3.63) is 68.6 Å². The van der Waals surface area contributed by atoms with Crippen LogP contribution in [0.4, 0.5) is 0 Å². The molecule has 2 atom stereocenters. The molecule has 0 aromatic heterocycles. The van der Waals surface area contributed by atoms with Crippen LogP contribution in [-0.2, 0) is 10.6 Å². The van der Waals surface area contributed by atoms with Gasteiger partial charge in [0.25, 0.3) is 5.79 Å².